The smallest absolute Gasteiger partial charge is 0.230 e. The van der Waals surface area contributed by atoms with Crippen LogP contribution in [-0.4, -0.2) is 33.2 Å². The van der Waals surface area contributed by atoms with Crippen LogP contribution < -0.4 is 15.4 Å². The molecular weight excluding hydrogens is 314 g/mol. The zero-order valence-corrected chi connectivity index (χ0v) is 14.1. The third-order valence-electron chi connectivity index (χ3n) is 4.67. The van der Waals surface area contributed by atoms with Crippen molar-refractivity contribution in [2.24, 2.45) is 11.7 Å². The van der Waals surface area contributed by atoms with Crippen LogP contribution in [0.2, 0.25) is 0 Å². The zero-order chi connectivity index (χ0) is 16.6. The van der Waals surface area contributed by atoms with Gasteiger partial charge in [-0.25, -0.2) is 8.42 Å². The van der Waals surface area contributed by atoms with Crippen LogP contribution in [0.25, 0.3) is 0 Å². The molecule has 2 aliphatic rings. The van der Waals surface area contributed by atoms with Crippen LogP contribution in [0, 0.1) is 5.92 Å². The first-order valence-electron chi connectivity index (χ1n) is 8.01. The lowest BCUT2D eigenvalue weighted by atomic mass is 9.85. The highest BCUT2D eigenvalue weighted by molar-refractivity contribution is 7.92. The van der Waals surface area contributed by atoms with E-state index in [1.165, 1.54) is 0 Å². The Morgan fingerprint density at radius 2 is 1.96 bits per heavy atom. The lowest BCUT2D eigenvalue weighted by Crippen LogP contribution is -2.38. The highest BCUT2D eigenvalue weighted by Gasteiger charge is 2.32. The molecule has 0 saturated heterocycles. The number of benzene rings is 1. The highest BCUT2D eigenvalue weighted by Crippen LogP contribution is 2.34. The average molecular weight is 337 g/mol. The van der Waals surface area contributed by atoms with Crippen molar-refractivity contribution in [2.75, 3.05) is 22.4 Å². The van der Waals surface area contributed by atoms with Crippen LogP contribution in [0.1, 0.15) is 31.2 Å². The number of nitrogens with zero attached hydrogens (tertiary/aromatic N) is 1. The van der Waals surface area contributed by atoms with Crippen molar-refractivity contribution in [1.29, 1.82) is 0 Å². The summed E-state index contributed by atoms with van der Waals surface area (Å²) in [4.78, 5) is 14.6. The quantitative estimate of drug-likeness (QED) is 0.873. The van der Waals surface area contributed by atoms with Gasteiger partial charge in [0.05, 0.1) is 11.9 Å². The summed E-state index contributed by atoms with van der Waals surface area (Å²) in [6, 6.07) is 5.62. The molecule has 23 heavy (non-hydrogen) atoms. The molecule has 1 aliphatic heterocycles. The molecule has 7 heteroatoms. The molecule has 1 fully saturated rings. The van der Waals surface area contributed by atoms with Crippen LogP contribution in [0.5, 0.6) is 0 Å². The van der Waals surface area contributed by atoms with Gasteiger partial charge in [-0.05, 0) is 49.8 Å². The lowest BCUT2D eigenvalue weighted by Gasteiger charge is -2.29. The predicted octanol–water partition coefficient (Wildman–Crippen LogP) is 1.46. The Hall–Kier alpha value is -1.60. The van der Waals surface area contributed by atoms with Crippen molar-refractivity contribution in [1.82, 2.24) is 0 Å². The van der Waals surface area contributed by atoms with E-state index in [1.54, 1.807) is 12.1 Å². The Kier molecular flexibility index (Phi) is 4.33. The first-order valence-corrected chi connectivity index (χ1v) is 9.90. The van der Waals surface area contributed by atoms with Crippen LogP contribution in [0.4, 0.5) is 11.4 Å². The summed E-state index contributed by atoms with van der Waals surface area (Å²) in [5, 5.41) is 0. The molecule has 1 aliphatic carbocycles. The summed E-state index contributed by atoms with van der Waals surface area (Å²) in [6.45, 7) is 0.666. The highest BCUT2D eigenvalue weighted by atomic mass is 32.2. The summed E-state index contributed by atoms with van der Waals surface area (Å²) in [6.07, 6.45) is 5.40. The van der Waals surface area contributed by atoms with E-state index < -0.39 is 10.0 Å². The number of nitrogens with two attached hydrogens (primary N) is 1. The van der Waals surface area contributed by atoms with Gasteiger partial charge in [-0.1, -0.05) is 6.07 Å². The van der Waals surface area contributed by atoms with Crippen LogP contribution in [0.3, 0.4) is 0 Å². The molecule has 1 saturated carbocycles. The minimum Gasteiger partial charge on any atom is -0.328 e. The summed E-state index contributed by atoms with van der Waals surface area (Å²) in [5.41, 5.74) is 8.33. The van der Waals surface area contributed by atoms with E-state index in [9.17, 15) is 13.2 Å². The number of sulfonamides is 1. The third kappa shape index (κ3) is 3.67. The molecule has 1 amide bonds. The maximum Gasteiger partial charge on any atom is 0.230 e. The molecule has 1 heterocycles. The molecule has 1 aromatic carbocycles. The Balaban J connectivity index is 1.80. The zero-order valence-electron chi connectivity index (χ0n) is 13.3. The van der Waals surface area contributed by atoms with Crippen LogP contribution in [-0.2, 0) is 21.2 Å². The topological polar surface area (TPSA) is 92.5 Å². The van der Waals surface area contributed by atoms with E-state index in [2.05, 4.69) is 4.72 Å². The number of amides is 1. The Morgan fingerprint density at radius 1 is 1.26 bits per heavy atom. The molecule has 6 nitrogen and oxygen atoms in total. The molecule has 3 rings (SSSR count). The van der Waals surface area contributed by atoms with Gasteiger partial charge in [-0.15, -0.1) is 0 Å². The number of carbonyl (C=O) groups is 1. The van der Waals surface area contributed by atoms with Gasteiger partial charge in [0.15, 0.2) is 0 Å². The second-order valence-electron chi connectivity index (χ2n) is 6.57. The average Bonchev–Trinajstić information content (AvgIpc) is 2.88. The van der Waals surface area contributed by atoms with Gasteiger partial charge in [-0.2, -0.15) is 0 Å². The molecule has 0 bridgehead atoms. The molecular formula is C16H23N3O3S. The molecule has 0 spiro atoms. The first-order chi connectivity index (χ1) is 10.8. The van der Waals surface area contributed by atoms with E-state index in [-0.39, 0.29) is 17.9 Å². The predicted molar refractivity (Wildman–Crippen MR) is 90.9 cm³/mol. The fourth-order valence-corrected chi connectivity index (χ4v) is 4.03. The van der Waals surface area contributed by atoms with Crippen molar-refractivity contribution >= 4 is 27.3 Å². The van der Waals surface area contributed by atoms with Crippen LogP contribution >= 0.6 is 0 Å². The van der Waals surface area contributed by atoms with Gasteiger partial charge in [0.1, 0.15) is 0 Å². The Bertz CT molecular complexity index is 709. The second kappa shape index (κ2) is 6.13. The Morgan fingerprint density at radius 3 is 2.61 bits per heavy atom. The summed E-state index contributed by atoms with van der Waals surface area (Å²) >= 11 is 0. The van der Waals surface area contributed by atoms with Crippen molar-refractivity contribution in [2.45, 2.75) is 38.1 Å². The van der Waals surface area contributed by atoms with Gasteiger partial charge in [0.2, 0.25) is 15.9 Å². The number of hydrogen-bond acceptors (Lipinski definition) is 4. The first kappa shape index (κ1) is 16.3. The molecule has 0 aromatic heterocycles. The number of nitrogens with one attached hydrogen (secondary N) is 1. The van der Waals surface area contributed by atoms with E-state index in [0.717, 1.165) is 49.6 Å². The minimum atomic E-state index is -3.33. The van der Waals surface area contributed by atoms with Crippen molar-refractivity contribution < 1.29 is 13.2 Å². The Labute approximate surface area is 137 Å². The lowest BCUT2D eigenvalue weighted by molar-refractivity contribution is -0.123. The van der Waals surface area contributed by atoms with E-state index >= 15 is 0 Å². The number of carbonyl (C=O) groups excluding carboxylic acids is 1. The summed E-state index contributed by atoms with van der Waals surface area (Å²) in [5.74, 6) is 0.180. The van der Waals surface area contributed by atoms with Gasteiger partial charge in [0, 0.05) is 24.2 Å². The number of hydrogen-bond donors (Lipinski definition) is 2. The molecule has 0 unspecified atom stereocenters. The number of fused-ring (bicyclic) bond motifs is 1. The SMILES string of the molecule is CS(=O)(=O)Nc1ccc2c(c1)N(C(=O)C1CCC(N)CC1)CC2. The minimum absolute atomic E-state index is 0.0345. The van der Waals surface area contributed by atoms with Gasteiger partial charge >= 0.3 is 0 Å². The maximum atomic E-state index is 12.8. The van der Waals surface area contributed by atoms with Gasteiger partial charge in [0.25, 0.3) is 0 Å². The van der Waals surface area contributed by atoms with Gasteiger partial charge < -0.3 is 10.6 Å². The third-order valence-corrected chi connectivity index (χ3v) is 5.28. The fraction of sp³-hybridized carbons (Fsp3) is 0.562. The van der Waals surface area contributed by atoms with E-state index in [1.807, 2.05) is 11.0 Å². The normalized spacial score (nSPS) is 24.3. The molecule has 0 radical (unpaired) electrons. The number of anilines is 2. The second-order valence-corrected chi connectivity index (χ2v) is 8.32. The molecule has 126 valence electrons. The van der Waals surface area contributed by atoms with Crippen LogP contribution in [0.15, 0.2) is 18.2 Å². The summed E-state index contributed by atoms with van der Waals surface area (Å²) in [7, 11) is -3.33. The van der Waals surface area contributed by atoms with E-state index in [0.29, 0.717) is 12.2 Å². The number of rotatable bonds is 3. The molecule has 1 aromatic rings. The van der Waals surface area contributed by atoms with Crippen molar-refractivity contribution in [3.05, 3.63) is 23.8 Å². The maximum absolute atomic E-state index is 12.8. The standard InChI is InChI=1S/C16H23N3O3S/c1-23(21,22)18-14-7-4-11-8-9-19(15(11)10-14)16(20)12-2-5-13(17)6-3-12/h4,7,10,12-13,18H,2-3,5-6,8-9,17H2,1H3. The summed E-state index contributed by atoms with van der Waals surface area (Å²) < 4.78 is 25.3. The van der Waals surface area contributed by atoms with Crippen molar-refractivity contribution in [3.8, 4) is 0 Å². The fourth-order valence-electron chi connectivity index (χ4n) is 3.47. The van der Waals surface area contributed by atoms with Gasteiger partial charge in [-0.3, -0.25) is 9.52 Å². The molecule has 0 atom stereocenters. The molecule has 3 N–H and O–H groups in total. The monoisotopic (exact) mass is 337 g/mol. The van der Waals surface area contributed by atoms with E-state index in [4.69, 9.17) is 5.73 Å². The largest absolute Gasteiger partial charge is 0.328 e. The van der Waals surface area contributed by atoms with Crippen molar-refractivity contribution in [3.63, 3.8) is 0 Å².